The van der Waals surface area contributed by atoms with Gasteiger partial charge in [0.15, 0.2) is 0 Å². The zero-order valence-electron chi connectivity index (χ0n) is 9.24. The normalized spacial score (nSPS) is 11.5. The second-order valence-electron chi connectivity index (χ2n) is 4.53. The molecular formula is C11H14ClNO3. The van der Waals surface area contributed by atoms with Crippen LogP contribution in [-0.4, -0.2) is 16.6 Å². The van der Waals surface area contributed by atoms with Crippen LogP contribution in [0.3, 0.4) is 0 Å². The fourth-order valence-electron chi connectivity index (χ4n) is 1.45. The van der Waals surface area contributed by atoms with Gasteiger partial charge < -0.3 is 5.11 Å². The highest BCUT2D eigenvalue weighted by molar-refractivity contribution is 6.30. The number of benzene rings is 1. The Morgan fingerprint density at radius 3 is 2.62 bits per heavy atom. The van der Waals surface area contributed by atoms with E-state index in [1.807, 2.05) is 13.8 Å². The Morgan fingerprint density at radius 1 is 1.50 bits per heavy atom. The number of rotatable bonds is 4. The summed E-state index contributed by atoms with van der Waals surface area (Å²) in [4.78, 5) is 10.4. The number of hydrogen-bond donors (Lipinski definition) is 1. The van der Waals surface area contributed by atoms with Gasteiger partial charge in [-0.05, 0) is 24.0 Å². The summed E-state index contributed by atoms with van der Waals surface area (Å²) < 4.78 is 0. The summed E-state index contributed by atoms with van der Waals surface area (Å²) in [5.41, 5.74) is 0.206. The third kappa shape index (κ3) is 3.18. The van der Waals surface area contributed by atoms with E-state index in [0.717, 1.165) is 0 Å². The molecule has 1 aromatic rings. The molecule has 0 unspecified atom stereocenters. The Balaban J connectivity index is 3.10. The van der Waals surface area contributed by atoms with Gasteiger partial charge in [0.2, 0.25) is 0 Å². The first-order valence-electron chi connectivity index (χ1n) is 4.89. The molecule has 0 aliphatic heterocycles. The molecule has 88 valence electrons. The molecule has 0 bridgehead atoms. The van der Waals surface area contributed by atoms with E-state index in [2.05, 4.69) is 0 Å². The zero-order chi connectivity index (χ0) is 12.3. The Hall–Kier alpha value is -1.13. The highest BCUT2D eigenvalue weighted by atomic mass is 35.5. The van der Waals surface area contributed by atoms with Crippen LogP contribution >= 0.6 is 11.6 Å². The second-order valence-corrected chi connectivity index (χ2v) is 4.97. The van der Waals surface area contributed by atoms with E-state index in [9.17, 15) is 10.1 Å². The molecule has 1 aromatic carbocycles. The summed E-state index contributed by atoms with van der Waals surface area (Å²) in [6.07, 6.45) is 0.417. The maximum absolute atomic E-state index is 10.8. The second kappa shape index (κ2) is 4.80. The smallest absolute Gasteiger partial charge is 0.272 e. The summed E-state index contributed by atoms with van der Waals surface area (Å²) in [7, 11) is 0. The number of aliphatic hydroxyl groups excluding tert-OH is 1. The standard InChI is InChI=1S/C11H14ClNO3/c1-11(2,7-14)6-8-5-9(12)3-4-10(8)13(15)16/h3-5,14H,6-7H2,1-2H3. The van der Waals surface area contributed by atoms with Crippen LogP contribution in [0.2, 0.25) is 5.02 Å². The Bertz CT molecular complexity index is 404. The summed E-state index contributed by atoms with van der Waals surface area (Å²) >= 11 is 5.81. The molecule has 0 aliphatic rings. The number of nitro groups is 1. The molecule has 0 spiro atoms. The van der Waals surface area contributed by atoms with Crippen molar-refractivity contribution in [2.24, 2.45) is 5.41 Å². The Morgan fingerprint density at radius 2 is 2.12 bits per heavy atom. The summed E-state index contributed by atoms with van der Waals surface area (Å²) in [6.45, 7) is 3.66. The minimum Gasteiger partial charge on any atom is -0.396 e. The first-order valence-corrected chi connectivity index (χ1v) is 5.27. The molecule has 0 saturated carbocycles. The molecule has 5 heteroatoms. The minimum atomic E-state index is -0.431. The molecular weight excluding hydrogens is 230 g/mol. The molecule has 0 aliphatic carbocycles. The van der Waals surface area contributed by atoms with Gasteiger partial charge in [-0.3, -0.25) is 10.1 Å². The number of aliphatic hydroxyl groups is 1. The van der Waals surface area contributed by atoms with Crippen molar-refractivity contribution in [3.8, 4) is 0 Å². The molecule has 0 atom stereocenters. The van der Waals surface area contributed by atoms with E-state index < -0.39 is 10.3 Å². The van der Waals surface area contributed by atoms with Crippen LogP contribution < -0.4 is 0 Å². The van der Waals surface area contributed by atoms with Crippen LogP contribution in [0.5, 0.6) is 0 Å². The molecule has 1 rings (SSSR count). The topological polar surface area (TPSA) is 63.4 Å². The largest absolute Gasteiger partial charge is 0.396 e. The van der Waals surface area contributed by atoms with Crippen molar-refractivity contribution in [2.75, 3.05) is 6.61 Å². The van der Waals surface area contributed by atoms with Crippen LogP contribution in [0.1, 0.15) is 19.4 Å². The van der Waals surface area contributed by atoms with Crippen LogP contribution in [0.4, 0.5) is 5.69 Å². The lowest BCUT2D eigenvalue weighted by Gasteiger charge is -2.21. The summed E-state index contributed by atoms with van der Waals surface area (Å²) in [5.74, 6) is 0. The van der Waals surface area contributed by atoms with E-state index in [-0.39, 0.29) is 12.3 Å². The van der Waals surface area contributed by atoms with Gasteiger partial charge in [0.05, 0.1) is 4.92 Å². The predicted molar refractivity (Wildman–Crippen MR) is 62.7 cm³/mol. The van der Waals surface area contributed by atoms with E-state index >= 15 is 0 Å². The average Bonchev–Trinajstić information content (AvgIpc) is 2.16. The van der Waals surface area contributed by atoms with Gasteiger partial charge in [-0.2, -0.15) is 0 Å². The summed E-state index contributed by atoms with van der Waals surface area (Å²) in [5, 5.41) is 20.4. The first-order chi connectivity index (χ1) is 7.35. The van der Waals surface area contributed by atoms with Crippen LogP contribution in [-0.2, 0) is 6.42 Å². The van der Waals surface area contributed by atoms with Crippen LogP contribution in [0.15, 0.2) is 18.2 Å². The Labute approximate surface area is 99.0 Å². The van der Waals surface area contributed by atoms with E-state index in [1.54, 1.807) is 6.07 Å². The maximum Gasteiger partial charge on any atom is 0.272 e. The summed E-state index contributed by atoms with van der Waals surface area (Å²) in [6, 6.07) is 4.47. The van der Waals surface area contributed by atoms with Gasteiger partial charge in [-0.25, -0.2) is 0 Å². The molecule has 0 amide bonds. The van der Waals surface area contributed by atoms with Gasteiger partial charge in [0.25, 0.3) is 5.69 Å². The first kappa shape index (κ1) is 12.9. The number of nitrogens with zero attached hydrogens (tertiary/aromatic N) is 1. The molecule has 4 nitrogen and oxygen atoms in total. The fourth-order valence-corrected chi connectivity index (χ4v) is 1.64. The quantitative estimate of drug-likeness (QED) is 0.653. The van der Waals surface area contributed by atoms with Crippen molar-refractivity contribution in [3.05, 3.63) is 38.9 Å². The number of nitro benzene ring substituents is 1. The predicted octanol–water partition coefficient (Wildman–Crippen LogP) is 2.81. The monoisotopic (exact) mass is 243 g/mol. The Kier molecular flexibility index (Phi) is 3.88. The van der Waals surface area contributed by atoms with Crippen molar-refractivity contribution in [1.82, 2.24) is 0 Å². The SMILES string of the molecule is CC(C)(CO)Cc1cc(Cl)ccc1[N+](=O)[O-]. The van der Waals surface area contributed by atoms with Gasteiger partial charge >= 0.3 is 0 Å². The average molecular weight is 244 g/mol. The number of hydrogen-bond acceptors (Lipinski definition) is 3. The molecule has 0 saturated heterocycles. The van der Waals surface area contributed by atoms with Crippen molar-refractivity contribution < 1.29 is 10.0 Å². The van der Waals surface area contributed by atoms with Crippen molar-refractivity contribution in [2.45, 2.75) is 20.3 Å². The molecule has 0 radical (unpaired) electrons. The molecule has 0 heterocycles. The maximum atomic E-state index is 10.8. The van der Waals surface area contributed by atoms with Gasteiger partial charge in [0, 0.05) is 23.3 Å². The molecule has 0 fully saturated rings. The third-order valence-corrected chi connectivity index (χ3v) is 2.57. The van der Waals surface area contributed by atoms with E-state index in [1.165, 1.54) is 12.1 Å². The molecule has 16 heavy (non-hydrogen) atoms. The van der Waals surface area contributed by atoms with Crippen molar-refractivity contribution in [1.29, 1.82) is 0 Å². The highest BCUT2D eigenvalue weighted by Crippen LogP contribution is 2.29. The lowest BCUT2D eigenvalue weighted by molar-refractivity contribution is -0.385. The number of halogens is 1. The van der Waals surface area contributed by atoms with Gasteiger partial charge in [-0.1, -0.05) is 25.4 Å². The van der Waals surface area contributed by atoms with Gasteiger partial charge in [-0.15, -0.1) is 0 Å². The van der Waals surface area contributed by atoms with Crippen LogP contribution in [0, 0.1) is 15.5 Å². The highest BCUT2D eigenvalue weighted by Gasteiger charge is 2.23. The zero-order valence-corrected chi connectivity index (χ0v) is 9.99. The molecule has 1 N–H and O–H groups in total. The van der Waals surface area contributed by atoms with Crippen LogP contribution in [0.25, 0.3) is 0 Å². The molecule has 0 aromatic heterocycles. The van der Waals surface area contributed by atoms with E-state index in [4.69, 9.17) is 16.7 Å². The van der Waals surface area contributed by atoms with Gasteiger partial charge in [0.1, 0.15) is 0 Å². The third-order valence-electron chi connectivity index (χ3n) is 2.34. The van der Waals surface area contributed by atoms with Crippen molar-refractivity contribution in [3.63, 3.8) is 0 Å². The fraction of sp³-hybridized carbons (Fsp3) is 0.455. The van der Waals surface area contributed by atoms with Crippen molar-refractivity contribution >= 4 is 17.3 Å². The lowest BCUT2D eigenvalue weighted by Crippen LogP contribution is -2.20. The minimum absolute atomic E-state index is 0.0311. The van der Waals surface area contributed by atoms with E-state index in [0.29, 0.717) is 17.0 Å². The lowest BCUT2D eigenvalue weighted by atomic mass is 9.86.